The molecule has 1 aromatic carbocycles. The fraction of sp³-hybridized carbons (Fsp3) is 0.417. The first-order valence-electron chi connectivity index (χ1n) is 5.52. The average Bonchev–Trinajstić information content (AvgIpc) is 2.32. The van der Waals surface area contributed by atoms with E-state index in [9.17, 15) is 4.79 Å². The van der Waals surface area contributed by atoms with Crippen molar-refractivity contribution in [2.45, 2.75) is 11.3 Å². The second kappa shape index (κ2) is 10.7. The highest BCUT2D eigenvalue weighted by Gasteiger charge is 2.01. The molecule has 0 saturated carbocycles. The number of hydrogen-bond acceptors (Lipinski definition) is 3. The fourth-order valence-corrected chi connectivity index (χ4v) is 2.32. The fourth-order valence-electron chi connectivity index (χ4n) is 1.21. The largest absolute Gasteiger partial charge is 0.355 e. The Kier molecular flexibility index (Phi) is 10.5. The van der Waals surface area contributed by atoms with Crippen molar-refractivity contribution < 1.29 is 4.79 Å². The minimum absolute atomic E-state index is 0. The number of benzene rings is 1. The third kappa shape index (κ3) is 7.97. The Morgan fingerprint density at radius 2 is 1.94 bits per heavy atom. The van der Waals surface area contributed by atoms with Crippen LogP contribution in [0.2, 0.25) is 0 Å². The van der Waals surface area contributed by atoms with Crippen molar-refractivity contribution in [3.63, 3.8) is 0 Å². The van der Waals surface area contributed by atoms with Crippen molar-refractivity contribution in [2.75, 3.05) is 25.9 Å². The van der Waals surface area contributed by atoms with Gasteiger partial charge in [0.05, 0.1) is 0 Å². The van der Waals surface area contributed by atoms with Gasteiger partial charge in [-0.25, -0.2) is 0 Å². The third-order valence-corrected chi connectivity index (χ3v) is 3.65. The van der Waals surface area contributed by atoms with Gasteiger partial charge in [-0.1, -0.05) is 15.9 Å². The van der Waals surface area contributed by atoms with Gasteiger partial charge < -0.3 is 10.6 Å². The van der Waals surface area contributed by atoms with Crippen molar-refractivity contribution in [2.24, 2.45) is 0 Å². The monoisotopic (exact) mass is 352 g/mol. The van der Waals surface area contributed by atoms with Gasteiger partial charge >= 0.3 is 0 Å². The predicted octanol–water partition coefficient (Wildman–Crippen LogP) is 2.69. The quantitative estimate of drug-likeness (QED) is 0.585. The van der Waals surface area contributed by atoms with Gasteiger partial charge in [-0.05, 0) is 31.3 Å². The second-order valence-electron chi connectivity index (χ2n) is 3.51. The molecule has 0 bridgehead atoms. The van der Waals surface area contributed by atoms with Crippen LogP contribution in [0.4, 0.5) is 0 Å². The van der Waals surface area contributed by atoms with Crippen LogP contribution in [-0.2, 0) is 4.79 Å². The lowest BCUT2D eigenvalue weighted by Crippen LogP contribution is -2.30. The van der Waals surface area contributed by atoms with Crippen LogP contribution in [0.25, 0.3) is 0 Å². The van der Waals surface area contributed by atoms with Crippen molar-refractivity contribution in [1.29, 1.82) is 0 Å². The van der Waals surface area contributed by atoms with Crippen molar-refractivity contribution >= 4 is 46.0 Å². The summed E-state index contributed by atoms with van der Waals surface area (Å²) in [5.41, 5.74) is 0. The summed E-state index contributed by atoms with van der Waals surface area (Å²) in [6.07, 6.45) is 0.560. The lowest BCUT2D eigenvalue weighted by Gasteiger charge is -2.04. The number of halogens is 2. The molecule has 2 N–H and O–H groups in total. The highest BCUT2D eigenvalue weighted by molar-refractivity contribution is 9.10. The number of amides is 1. The zero-order valence-corrected chi connectivity index (χ0v) is 13.5. The highest BCUT2D eigenvalue weighted by atomic mass is 79.9. The SMILES string of the molecule is CNCCNC(=O)CCSc1ccc(Br)cc1.Cl. The normalized spacial score (nSPS) is 9.67. The van der Waals surface area contributed by atoms with E-state index in [0.717, 1.165) is 16.8 Å². The van der Waals surface area contributed by atoms with E-state index in [1.165, 1.54) is 4.90 Å². The molecule has 0 unspecified atom stereocenters. The first-order valence-corrected chi connectivity index (χ1v) is 7.30. The molecule has 3 nitrogen and oxygen atoms in total. The molecule has 1 aromatic rings. The zero-order valence-electron chi connectivity index (χ0n) is 10.2. The summed E-state index contributed by atoms with van der Waals surface area (Å²) < 4.78 is 1.08. The summed E-state index contributed by atoms with van der Waals surface area (Å²) in [5, 5.41) is 5.84. The van der Waals surface area contributed by atoms with E-state index in [-0.39, 0.29) is 18.3 Å². The van der Waals surface area contributed by atoms with Gasteiger partial charge in [0.1, 0.15) is 0 Å². The van der Waals surface area contributed by atoms with Crippen molar-refractivity contribution in [3.8, 4) is 0 Å². The molecule has 102 valence electrons. The molecule has 0 heterocycles. The molecule has 18 heavy (non-hydrogen) atoms. The zero-order chi connectivity index (χ0) is 12.5. The van der Waals surface area contributed by atoms with E-state index in [4.69, 9.17) is 0 Å². The summed E-state index contributed by atoms with van der Waals surface area (Å²) in [6, 6.07) is 8.12. The molecule has 0 spiro atoms. The minimum Gasteiger partial charge on any atom is -0.355 e. The van der Waals surface area contributed by atoms with E-state index in [1.54, 1.807) is 11.8 Å². The summed E-state index contributed by atoms with van der Waals surface area (Å²) in [4.78, 5) is 12.6. The maximum atomic E-state index is 11.4. The van der Waals surface area contributed by atoms with Gasteiger partial charge in [0.25, 0.3) is 0 Å². The topological polar surface area (TPSA) is 41.1 Å². The summed E-state index contributed by atoms with van der Waals surface area (Å²) >= 11 is 5.09. The van der Waals surface area contributed by atoms with Gasteiger partial charge in [0, 0.05) is 34.6 Å². The number of rotatable bonds is 7. The van der Waals surface area contributed by atoms with E-state index in [0.29, 0.717) is 13.0 Å². The van der Waals surface area contributed by atoms with Gasteiger partial charge in [-0.2, -0.15) is 0 Å². The molecule has 0 aliphatic heterocycles. The van der Waals surface area contributed by atoms with Crippen LogP contribution in [-0.4, -0.2) is 31.8 Å². The van der Waals surface area contributed by atoms with Crippen LogP contribution in [0.15, 0.2) is 33.6 Å². The van der Waals surface area contributed by atoms with Crippen LogP contribution in [0.1, 0.15) is 6.42 Å². The van der Waals surface area contributed by atoms with Gasteiger partial charge in [0.2, 0.25) is 5.91 Å². The molecule has 1 rings (SSSR count). The first-order chi connectivity index (χ1) is 8.22. The van der Waals surface area contributed by atoms with Crippen LogP contribution in [0.3, 0.4) is 0 Å². The van der Waals surface area contributed by atoms with Crippen LogP contribution in [0, 0.1) is 0 Å². The Balaban J connectivity index is 0.00000289. The standard InChI is InChI=1S/C12H17BrN2OS.ClH/c1-14-7-8-15-12(16)6-9-17-11-4-2-10(13)3-5-11;/h2-5,14H,6-9H2,1H3,(H,15,16);1H. The molecule has 0 aliphatic carbocycles. The Morgan fingerprint density at radius 1 is 1.28 bits per heavy atom. The smallest absolute Gasteiger partial charge is 0.220 e. The number of thioether (sulfide) groups is 1. The first kappa shape index (κ1) is 17.8. The molecular formula is C12H18BrClN2OS. The maximum absolute atomic E-state index is 11.4. The van der Waals surface area contributed by atoms with Crippen LogP contribution < -0.4 is 10.6 Å². The average molecular weight is 354 g/mol. The second-order valence-corrected chi connectivity index (χ2v) is 5.59. The maximum Gasteiger partial charge on any atom is 0.220 e. The van der Waals surface area contributed by atoms with Crippen LogP contribution in [0.5, 0.6) is 0 Å². The molecule has 0 saturated heterocycles. The van der Waals surface area contributed by atoms with Crippen molar-refractivity contribution in [3.05, 3.63) is 28.7 Å². The number of nitrogens with one attached hydrogen (secondary N) is 2. The molecule has 0 radical (unpaired) electrons. The van der Waals surface area contributed by atoms with Gasteiger partial charge in [0.15, 0.2) is 0 Å². The Labute approximate surface area is 127 Å². The number of carbonyl (C=O) groups excluding carboxylic acids is 1. The molecule has 0 fully saturated rings. The predicted molar refractivity (Wildman–Crippen MR) is 83.7 cm³/mol. The van der Waals surface area contributed by atoms with Crippen molar-refractivity contribution in [1.82, 2.24) is 10.6 Å². The minimum atomic E-state index is 0. The molecule has 0 aliphatic rings. The Hall–Kier alpha value is -0.230. The molecule has 1 amide bonds. The lowest BCUT2D eigenvalue weighted by molar-refractivity contribution is -0.120. The lowest BCUT2D eigenvalue weighted by atomic mass is 10.4. The van der Waals surface area contributed by atoms with Gasteiger partial charge in [-0.15, -0.1) is 24.2 Å². The van der Waals surface area contributed by atoms with Gasteiger partial charge in [-0.3, -0.25) is 4.79 Å². The molecule has 6 heteroatoms. The Morgan fingerprint density at radius 3 is 2.56 bits per heavy atom. The summed E-state index contributed by atoms with van der Waals surface area (Å²) in [5.74, 6) is 0.928. The van der Waals surface area contributed by atoms with E-state index < -0.39 is 0 Å². The Bertz CT molecular complexity index is 348. The number of hydrogen-bond donors (Lipinski definition) is 2. The summed E-state index contributed by atoms with van der Waals surface area (Å²) in [7, 11) is 1.87. The van der Waals surface area contributed by atoms with Crippen LogP contribution >= 0.6 is 40.1 Å². The molecular weight excluding hydrogens is 336 g/mol. The highest BCUT2D eigenvalue weighted by Crippen LogP contribution is 2.20. The number of carbonyl (C=O) groups is 1. The van der Waals surface area contributed by atoms with E-state index in [2.05, 4.69) is 26.6 Å². The number of likely N-dealkylation sites (N-methyl/N-ethyl adjacent to an activating group) is 1. The third-order valence-electron chi connectivity index (χ3n) is 2.11. The molecule has 0 atom stereocenters. The van der Waals surface area contributed by atoms with E-state index >= 15 is 0 Å². The van der Waals surface area contributed by atoms with E-state index in [1.807, 2.05) is 31.3 Å². The summed E-state index contributed by atoms with van der Waals surface area (Å²) in [6.45, 7) is 1.50. The molecule has 0 aromatic heterocycles.